The Morgan fingerprint density at radius 2 is 1.33 bits per heavy atom. The zero-order valence-electron chi connectivity index (χ0n) is 23.6. The van der Waals surface area contributed by atoms with E-state index in [2.05, 4.69) is 10.6 Å². The molecule has 0 spiro atoms. The lowest BCUT2D eigenvalue weighted by molar-refractivity contribution is -0.136. The number of piperidine rings is 2. The van der Waals surface area contributed by atoms with Crippen molar-refractivity contribution in [3.8, 4) is 5.75 Å². The van der Waals surface area contributed by atoms with Crippen molar-refractivity contribution in [3.05, 3.63) is 29.3 Å². The average molecular weight is 614 g/mol. The molecule has 2 saturated heterocycles. The number of amides is 4. The van der Waals surface area contributed by atoms with Crippen LogP contribution in [0.4, 0.5) is 0 Å². The summed E-state index contributed by atoms with van der Waals surface area (Å²) in [6, 6.07) is 3.70. The largest absolute Gasteiger partial charge is 0.490 e. The fourth-order valence-electron chi connectivity index (χ4n) is 4.81. The zero-order chi connectivity index (χ0) is 28.9. The number of imide groups is 2. The van der Waals surface area contributed by atoms with Gasteiger partial charge in [0.15, 0.2) is 0 Å². The van der Waals surface area contributed by atoms with Gasteiger partial charge in [-0.1, -0.05) is 6.07 Å². The van der Waals surface area contributed by atoms with E-state index in [4.69, 9.17) is 28.4 Å². The molecule has 3 heterocycles. The van der Waals surface area contributed by atoms with Crippen molar-refractivity contribution < 1.29 is 47.6 Å². The number of ether oxygens (including phenoxy) is 6. The molecule has 0 aromatic heterocycles. The lowest BCUT2D eigenvalue weighted by atomic mass is 10.0. The van der Waals surface area contributed by atoms with E-state index >= 15 is 0 Å². The van der Waals surface area contributed by atoms with Crippen LogP contribution in [0.3, 0.4) is 0 Å². The molecule has 0 saturated carbocycles. The van der Waals surface area contributed by atoms with Crippen LogP contribution in [-0.2, 0) is 33.3 Å². The first-order valence-corrected chi connectivity index (χ1v) is 14.2. The molecular weight excluding hydrogens is 574 g/mol. The second-order valence-electron chi connectivity index (χ2n) is 9.74. The summed E-state index contributed by atoms with van der Waals surface area (Å²) in [6.07, 6.45) is 2.60. The third kappa shape index (κ3) is 9.69. The molecule has 2 N–H and O–H groups in total. The summed E-state index contributed by atoms with van der Waals surface area (Å²) in [5.74, 6) is -2.02. The summed E-state index contributed by atoms with van der Waals surface area (Å²) in [5.41, 5.74) is 0.281. The first-order valence-electron chi connectivity index (χ1n) is 14.2. The second kappa shape index (κ2) is 18.1. The molecule has 1 aromatic rings. The number of nitrogens with one attached hydrogen (secondary N) is 2. The van der Waals surface area contributed by atoms with Crippen LogP contribution in [0.25, 0.3) is 0 Å². The van der Waals surface area contributed by atoms with Gasteiger partial charge in [-0.2, -0.15) is 0 Å². The highest BCUT2D eigenvalue weighted by molar-refractivity contribution is 6.24. The molecule has 1 aromatic carbocycles. The smallest absolute Gasteiger partial charge is 0.266 e. The van der Waals surface area contributed by atoms with Gasteiger partial charge in [0.2, 0.25) is 11.8 Å². The van der Waals surface area contributed by atoms with Gasteiger partial charge in [-0.15, -0.1) is 12.4 Å². The van der Waals surface area contributed by atoms with Crippen molar-refractivity contribution in [2.45, 2.75) is 37.8 Å². The Labute approximate surface area is 251 Å². The normalized spacial score (nSPS) is 19.0. The maximum atomic E-state index is 13.1. The Morgan fingerprint density at radius 1 is 0.738 bits per heavy atom. The molecule has 42 heavy (non-hydrogen) atoms. The van der Waals surface area contributed by atoms with E-state index in [9.17, 15) is 19.2 Å². The SMILES string of the molecule is Cl.O=C1CCC(N2C(=O)c3cccc(OCCOCCOCCOCCOCCOC4CCNCC4)c3C2=O)C(=O)N1. The molecule has 4 amide bonds. The van der Waals surface area contributed by atoms with Crippen molar-refractivity contribution in [2.24, 2.45) is 0 Å². The van der Waals surface area contributed by atoms with Gasteiger partial charge in [-0.3, -0.25) is 29.4 Å². The highest BCUT2D eigenvalue weighted by Gasteiger charge is 2.46. The van der Waals surface area contributed by atoms with Gasteiger partial charge in [0.25, 0.3) is 11.8 Å². The van der Waals surface area contributed by atoms with Crippen LogP contribution in [-0.4, -0.2) is 120 Å². The molecule has 2 fully saturated rings. The Morgan fingerprint density at radius 3 is 1.95 bits per heavy atom. The first-order chi connectivity index (χ1) is 20.1. The van der Waals surface area contributed by atoms with Crippen LogP contribution in [0.15, 0.2) is 18.2 Å². The first kappa shape index (κ1) is 33.8. The Hall–Kier alpha value is -2.65. The molecule has 4 rings (SSSR count). The number of hydrogen-bond donors (Lipinski definition) is 2. The maximum absolute atomic E-state index is 13.1. The van der Waals surface area contributed by atoms with Gasteiger partial charge < -0.3 is 33.7 Å². The minimum absolute atomic E-state index is 0. The van der Waals surface area contributed by atoms with Gasteiger partial charge in [0.05, 0.1) is 76.7 Å². The number of nitrogens with zero attached hydrogens (tertiary/aromatic N) is 1. The van der Waals surface area contributed by atoms with Crippen LogP contribution < -0.4 is 15.4 Å². The molecule has 3 aliphatic rings. The second-order valence-corrected chi connectivity index (χ2v) is 9.74. The van der Waals surface area contributed by atoms with Gasteiger partial charge in [0, 0.05) is 6.42 Å². The van der Waals surface area contributed by atoms with Crippen LogP contribution >= 0.6 is 12.4 Å². The predicted molar refractivity (Wildman–Crippen MR) is 151 cm³/mol. The molecule has 0 radical (unpaired) electrons. The average Bonchev–Trinajstić information content (AvgIpc) is 3.23. The fourth-order valence-corrected chi connectivity index (χ4v) is 4.81. The van der Waals surface area contributed by atoms with Crippen molar-refractivity contribution in [1.82, 2.24) is 15.5 Å². The zero-order valence-corrected chi connectivity index (χ0v) is 24.5. The van der Waals surface area contributed by atoms with Crippen LogP contribution in [0, 0.1) is 0 Å². The Balaban J connectivity index is 0.00000484. The Bertz CT molecular complexity index is 1050. The van der Waals surface area contributed by atoms with E-state index < -0.39 is 29.7 Å². The fraction of sp³-hybridized carbons (Fsp3) is 0.643. The Kier molecular flexibility index (Phi) is 14.6. The topological polar surface area (TPSA) is 151 Å². The summed E-state index contributed by atoms with van der Waals surface area (Å²) < 4.78 is 33.5. The third-order valence-electron chi connectivity index (χ3n) is 6.90. The summed E-state index contributed by atoms with van der Waals surface area (Å²) in [5, 5.41) is 5.49. The van der Waals surface area contributed by atoms with Gasteiger partial charge >= 0.3 is 0 Å². The monoisotopic (exact) mass is 613 g/mol. The van der Waals surface area contributed by atoms with E-state index in [0.717, 1.165) is 30.8 Å². The highest BCUT2D eigenvalue weighted by Crippen LogP contribution is 2.33. The highest BCUT2D eigenvalue weighted by atomic mass is 35.5. The molecule has 1 unspecified atom stereocenters. The summed E-state index contributed by atoms with van der Waals surface area (Å²) in [6.45, 7) is 6.25. The number of halogens is 1. The van der Waals surface area contributed by atoms with E-state index in [1.807, 2.05) is 0 Å². The van der Waals surface area contributed by atoms with Crippen LogP contribution in [0.2, 0.25) is 0 Å². The number of carbonyl (C=O) groups excluding carboxylic acids is 4. The van der Waals surface area contributed by atoms with E-state index in [1.54, 1.807) is 12.1 Å². The third-order valence-corrected chi connectivity index (χ3v) is 6.90. The summed E-state index contributed by atoms with van der Waals surface area (Å²) in [7, 11) is 0. The quantitative estimate of drug-likeness (QED) is 0.178. The number of benzene rings is 1. The molecule has 13 nitrogen and oxygen atoms in total. The van der Waals surface area contributed by atoms with Gasteiger partial charge in [-0.25, -0.2) is 0 Å². The molecule has 0 bridgehead atoms. The molecule has 234 valence electrons. The van der Waals surface area contributed by atoms with Crippen molar-refractivity contribution in [1.29, 1.82) is 0 Å². The molecule has 3 aliphatic heterocycles. The summed E-state index contributed by atoms with van der Waals surface area (Å²) >= 11 is 0. The lowest BCUT2D eigenvalue weighted by Gasteiger charge is -2.27. The minimum atomic E-state index is -1.02. The van der Waals surface area contributed by atoms with E-state index in [-0.39, 0.29) is 55.3 Å². The molecular formula is C28H40ClN3O10. The standard InChI is InChI=1S/C28H39N3O10.ClH/c32-24-5-4-22(26(33)30-24)31-27(34)21-2-1-3-23(25(21)28(31)35)41-19-17-39-15-13-37-11-10-36-12-14-38-16-18-40-20-6-8-29-9-7-20;/h1-3,20,22,29H,4-19H2,(H,30,32,33);1H. The molecule has 1 atom stereocenters. The number of carbonyl (C=O) groups is 4. The minimum Gasteiger partial charge on any atom is -0.490 e. The van der Waals surface area contributed by atoms with Crippen molar-refractivity contribution >= 4 is 36.0 Å². The van der Waals surface area contributed by atoms with Gasteiger partial charge in [-0.05, 0) is 44.5 Å². The van der Waals surface area contributed by atoms with Crippen LogP contribution in [0.5, 0.6) is 5.75 Å². The molecule has 0 aliphatic carbocycles. The predicted octanol–water partition coefficient (Wildman–Crippen LogP) is 0.723. The van der Waals surface area contributed by atoms with Crippen molar-refractivity contribution in [2.75, 3.05) is 79.2 Å². The van der Waals surface area contributed by atoms with Crippen LogP contribution in [0.1, 0.15) is 46.4 Å². The van der Waals surface area contributed by atoms with E-state index in [0.29, 0.717) is 59.0 Å². The number of rotatable bonds is 18. The maximum Gasteiger partial charge on any atom is 0.266 e. The summed E-state index contributed by atoms with van der Waals surface area (Å²) in [4.78, 5) is 50.5. The van der Waals surface area contributed by atoms with Crippen molar-refractivity contribution in [3.63, 3.8) is 0 Å². The number of hydrogen-bond acceptors (Lipinski definition) is 11. The lowest BCUT2D eigenvalue weighted by Crippen LogP contribution is -2.54. The number of fused-ring (bicyclic) bond motifs is 1. The van der Waals surface area contributed by atoms with E-state index in [1.165, 1.54) is 6.07 Å². The van der Waals surface area contributed by atoms with Gasteiger partial charge in [0.1, 0.15) is 18.4 Å². The molecule has 14 heteroatoms.